The van der Waals surface area contributed by atoms with E-state index in [0.29, 0.717) is 24.8 Å². The normalized spacial score (nSPS) is 31.9. The van der Waals surface area contributed by atoms with Crippen LogP contribution in [-0.4, -0.2) is 87.2 Å². The molecule has 0 saturated carbocycles. The second-order valence-electron chi connectivity index (χ2n) is 21.1. The van der Waals surface area contributed by atoms with Crippen molar-refractivity contribution >= 4 is 22.6 Å². The second-order valence-corrected chi connectivity index (χ2v) is 30.6. The van der Waals surface area contributed by atoms with Crippen molar-refractivity contribution in [3.63, 3.8) is 0 Å². The number of aliphatic hydroxyl groups excluding tert-OH is 2. The number of fused-ring (bicyclic) bond motifs is 1. The Morgan fingerprint density at radius 3 is 2.19 bits per heavy atom. The van der Waals surface area contributed by atoms with Crippen LogP contribution in [0.5, 0.6) is 0 Å². The lowest BCUT2D eigenvalue weighted by molar-refractivity contribution is -0.151. The van der Waals surface area contributed by atoms with E-state index in [9.17, 15) is 15.0 Å². The first-order chi connectivity index (χ1) is 26.7. The molecule has 0 spiro atoms. The van der Waals surface area contributed by atoms with Gasteiger partial charge in [-0.15, -0.1) is 0 Å². The van der Waals surface area contributed by atoms with E-state index in [4.69, 9.17) is 27.8 Å². The van der Waals surface area contributed by atoms with Crippen LogP contribution in [0.1, 0.15) is 127 Å². The van der Waals surface area contributed by atoms with Crippen molar-refractivity contribution in [3.05, 3.63) is 59.7 Å². The summed E-state index contributed by atoms with van der Waals surface area (Å²) in [5.74, 6) is -0.637. The predicted octanol–water partition coefficient (Wildman–Crippen LogP) is 10.4. The minimum Gasteiger partial charge on any atom is -0.457 e. The highest BCUT2D eigenvalue weighted by atomic mass is 28.4. The quantitative estimate of drug-likeness (QED) is 0.0817. The number of carbonyl (C=O) groups excluding carboxylic acids is 1. The highest BCUT2D eigenvalue weighted by Gasteiger charge is 2.50. The molecule has 3 aliphatic rings. The van der Waals surface area contributed by atoms with Crippen LogP contribution in [0.25, 0.3) is 0 Å². The van der Waals surface area contributed by atoms with Crippen molar-refractivity contribution in [1.82, 2.24) is 0 Å². The van der Waals surface area contributed by atoms with Gasteiger partial charge in [-0.2, -0.15) is 0 Å². The van der Waals surface area contributed by atoms with Gasteiger partial charge in [0.25, 0.3) is 0 Å². The van der Waals surface area contributed by atoms with Crippen LogP contribution < -0.4 is 0 Å². The molecule has 9 nitrogen and oxygen atoms in total. The summed E-state index contributed by atoms with van der Waals surface area (Å²) in [5.41, 5.74) is 0.953. The lowest BCUT2D eigenvalue weighted by Crippen LogP contribution is -2.46. The number of benzene rings is 1. The zero-order valence-corrected chi connectivity index (χ0v) is 40.8. The van der Waals surface area contributed by atoms with Crippen LogP contribution in [0, 0.1) is 17.8 Å². The SMILES string of the molecule is CC[C@H](O[Si](C)(C)C(C)(C)C)[C@@H](C)[C@H]1O[C@@H]1C[C@H](C)C(O)C(O)C=C(C)[C@H]1OC(=O)C[C@H](O[Si](C)(C)C(C)(C)C)CC[C@@]2(C)OC(c3ccccc3)O[C@H]2C=C[C@@H]1C. The number of hydrogen-bond acceptors (Lipinski definition) is 9. The van der Waals surface area contributed by atoms with E-state index in [1.54, 1.807) is 6.08 Å². The molecule has 0 aromatic heterocycles. The van der Waals surface area contributed by atoms with Crippen LogP contribution in [0.2, 0.25) is 36.3 Å². The molecule has 2 N–H and O–H groups in total. The maximum Gasteiger partial charge on any atom is 0.308 e. The molecule has 2 fully saturated rings. The van der Waals surface area contributed by atoms with Gasteiger partial charge in [0.2, 0.25) is 0 Å². The summed E-state index contributed by atoms with van der Waals surface area (Å²) in [4.78, 5) is 13.9. The van der Waals surface area contributed by atoms with Gasteiger partial charge in [-0.3, -0.25) is 4.79 Å². The topological polar surface area (TPSA) is 116 Å². The van der Waals surface area contributed by atoms with Gasteiger partial charge in [0.05, 0.1) is 42.5 Å². The van der Waals surface area contributed by atoms with Crippen molar-refractivity contribution < 1.29 is 42.8 Å². The molecule has 0 bridgehead atoms. The largest absolute Gasteiger partial charge is 0.457 e. The molecule has 4 rings (SSSR count). The third-order valence-corrected chi connectivity index (χ3v) is 23.1. The number of cyclic esters (lactones) is 1. The summed E-state index contributed by atoms with van der Waals surface area (Å²) in [5, 5.41) is 22.9. The average molecular weight is 845 g/mol. The van der Waals surface area contributed by atoms with Crippen molar-refractivity contribution in [1.29, 1.82) is 0 Å². The lowest BCUT2D eigenvalue weighted by Gasteiger charge is -2.40. The number of hydrogen-bond donors (Lipinski definition) is 2. The molecule has 330 valence electrons. The van der Waals surface area contributed by atoms with Gasteiger partial charge < -0.3 is 38.0 Å². The molecular weight excluding hydrogens is 765 g/mol. The van der Waals surface area contributed by atoms with Crippen LogP contribution >= 0.6 is 0 Å². The van der Waals surface area contributed by atoms with Gasteiger partial charge in [-0.25, -0.2) is 0 Å². The minimum atomic E-state index is -2.26. The number of epoxide rings is 1. The molecule has 1 aromatic carbocycles. The molecule has 0 aliphatic carbocycles. The molecule has 3 aliphatic heterocycles. The number of aliphatic hydroxyl groups is 2. The number of esters is 1. The van der Waals surface area contributed by atoms with Crippen LogP contribution in [-0.2, 0) is 32.6 Å². The molecule has 58 heavy (non-hydrogen) atoms. The minimum absolute atomic E-state index is 0.00172. The smallest absolute Gasteiger partial charge is 0.308 e. The summed E-state index contributed by atoms with van der Waals surface area (Å²) < 4.78 is 39.5. The molecule has 1 aromatic rings. The summed E-state index contributed by atoms with van der Waals surface area (Å²) in [6.45, 7) is 34.7. The van der Waals surface area contributed by atoms with Gasteiger partial charge in [0.15, 0.2) is 22.9 Å². The van der Waals surface area contributed by atoms with Crippen molar-refractivity contribution in [2.24, 2.45) is 17.8 Å². The predicted molar refractivity (Wildman–Crippen MR) is 237 cm³/mol. The molecule has 0 amide bonds. The molecule has 3 unspecified atom stereocenters. The zero-order chi connectivity index (χ0) is 43.6. The third kappa shape index (κ3) is 12.2. The highest BCUT2D eigenvalue weighted by Crippen LogP contribution is 2.45. The fourth-order valence-corrected chi connectivity index (χ4v) is 10.8. The van der Waals surface area contributed by atoms with Crippen molar-refractivity contribution in [2.75, 3.05) is 0 Å². The Bertz CT molecular complexity index is 1550. The first kappa shape index (κ1) is 49.0. The van der Waals surface area contributed by atoms with Crippen molar-refractivity contribution in [2.45, 2.75) is 212 Å². The fourth-order valence-electron chi connectivity index (χ4n) is 7.88. The van der Waals surface area contributed by atoms with Crippen LogP contribution in [0.3, 0.4) is 0 Å². The fraction of sp³-hybridized carbons (Fsp3) is 0.766. The van der Waals surface area contributed by atoms with Gasteiger partial charge in [-0.05, 0) is 87.3 Å². The van der Waals surface area contributed by atoms with Gasteiger partial charge >= 0.3 is 5.97 Å². The Morgan fingerprint density at radius 2 is 1.60 bits per heavy atom. The van der Waals surface area contributed by atoms with E-state index in [1.165, 1.54) is 0 Å². The van der Waals surface area contributed by atoms with E-state index in [2.05, 4.69) is 88.5 Å². The Morgan fingerprint density at radius 1 is 0.983 bits per heavy atom. The first-order valence-electron chi connectivity index (χ1n) is 22.0. The Kier molecular flexibility index (Phi) is 16.2. The zero-order valence-electron chi connectivity index (χ0n) is 38.8. The summed E-state index contributed by atoms with van der Waals surface area (Å²) in [7, 11) is -4.20. The first-order valence-corrected chi connectivity index (χ1v) is 27.8. The number of carbonyl (C=O) groups is 1. The van der Waals surface area contributed by atoms with Crippen LogP contribution in [0.4, 0.5) is 0 Å². The van der Waals surface area contributed by atoms with Gasteiger partial charge in [-0.1, -0.05) is 118 Å². The highest BCUT2D eigenvalue weighted by molar-refractivity contribution is 6.74. The standard InChI is InChI=1S/C47H80O9Si2/c1-17-37(56-58(15,16)46(9,10)11)33(5)43-38(51-43)28-31(3)41(50)36(48)27-32(4)42-30(2)23-24-39-47(12,54-44(52-39)34-21-19-18-20-22-34)26-25-35(29-40(49)53-42)55-57(13,14)45(6,7)8/h18-24,27,30-31,33,35-39,41-44,48,50H,17,25-26,28-29H2,1-16H3/t30-,31-,33+,35+,36?,37-,38+,39-,41?,42-,43+,44?,47+/m0/s1. The Hall–Kier alpha value is -1.68. The van der Waals surface area contributed by atoms with E-state index >= 15 is 0 Å². The van der Waals surface area contributed by atoms with E-state index in [0.717, 1.165) is 12.0 Å². The monoisotopic (exact) mass is 845 g/mol. The maximum atomic E-state index is 13.9. The van der Waals surface area contributed by atoms with E-state index in [-0.39, 0.29) is 70.7 Å². The average Bonchev–Trinajstić information content (AvgIpc) is 3.81. The summed E-state index contributed by atoms with van der Waals surface area (Å²) in [6, 6.07) is 9.97. The van der Waals surface area contributed by atoms with Crippen LogP contribution in [0.15, 0.2) is 54.1 Å². The Labute approximate surface area is 353 Å². The van der Waals surface area contributed by atoms with Gasteiger partial charge in [0, 0.05) is 23.5 Å². The maximum absolute atomic E-state index is 13.9. The lowest BCUT2D eigenvalue weighted by atomic mass is 9.88. The van der Waals surface area contributed by atoms with Crippen molar-refractivity contribution in [3.8, 4) is 0 Å². The molecule has 2 saturated heterocycles. The molecule has 13 atom stereocenters. The molecule has 11 heteroatoms. The number of rotatable bonds is 14. The summed E-state index contributed by atoms with van der Waals surface area (Å²) in [6.07, 6.45) is 4.60. The summed E-state index contributed by atoms with van der Waals surface area (Å²) >= 11 is 0. The molecular formula is C47H80O9Si2. The van der Waals surface area contributed by atoms with Gasteiger partial charge in [0.1, 0.15) is 12.2 Å². The van der Waals surface area contributed by atoms with E-state index < -0.39 is 46.8 Å². The Balaban J connectivity index is 1.51. The van der Waals surface area contributed by atoms with E-state index in [1.807, 2.05) is 63.3 Å². The molecule has 0 radical (unpaired) electrons. The molecule has 3 heterocycles. The second kappa shape index (κ2) is 19.2. The number of ether oxygens (including phenoxy) is 4. The third-order valence-electron chi connectivity index (χ3n) is 14.1.